The van der Waals surface area contributed by atoms with Gasteiger partial charge in [0.05, 0.1) is 6.61 Å². The molecule has 0 radical (unpaired) electrons. The van der Waals surface area contributed by atoms with E-state index in [1.807, 2.05) is 0 Å². The molecule has 0 saturated carbocycles. The third-order valence-electron chi connectivity index (χ3n) is 1.62. The molecule has 0 fully saturated rings. The van der Waals surface area contributed by atoms with Crippen molar-refractivity contribution in [1.29, 1.82) is 0 Å². The van der Waals surface area contributed by atoms with E-state index >= 15 is 0 Å². The summed E-state index contributed by atoms with van der Waals surface area (Å²) < 4.78 is 4.40. The maximum absolute atomic E-state index is 9.82. The molecule has 0 atom stereocenters. The Bertz CT molecular complexity index is 142. The Labute approximate surface area is 115 Å². The molecular formula is C12H26Cl2O3. The van der Waals surface area contributed by atoms with Gasteiger partial charge >= 0.3 is 5.97 Å². The lowest BCUT2D eigenvalue weighted by molar-refractivity contribution is -0.140. The second-order valence-electron chi connectivity index (χ2n) is 3.17. The van der Waals surface area contributed by atoms with Crippen LogP contribution in [0.4, 0.5) is 0 Å². The van der Waals surface area contributed by atoms with Crippen molar-refractivity contribution >= 4 is 29.2 Å². The van der Waals surface area contributed by atoms with E-state index in [9.17, 15) is 4.79 Å². The highest BCUT2D eigenvalue weighted by Gasteiger charge is 1.96. The van der Waals surface area contributed by atoms with Crippen molar-refractivity contribution in [3.63, 3.8) is 0 Å². The minimum absolute atomic E-state index is 0.151. The molecule has 5 heteroatoms. The molecule has 0 aromatic heterocycles. The summed E-state index contributed by atoms with van der Waals surface area (Å²) in [7, 11) is 1.00. The van der Waals surface area contributed by atoms with E-state index in [0.717, 1.165) is 13.5 Å². The second kappa shape index (κ2) is 21.3. The molecule has 0 bridgehead atoms. The van der Waals surface area contributed by atoms with Gasteiger partial charge in [-0.15, -0.1) is 23.2 Å². The Kier molecular flexibility index (Phi) is 27.8. The number of halogens is 2. The molecule has 0 aliphatic heterocycles. The Balaban J connectivity index is -0.000000213. The number of ether oxygens (including phenoxy) is 1. The van der Waals surface area contributed by atoms with E-state index < -0.39 is 0 Å². The summed E-state index contributed by atoms with van der Waals surface area (Å²) in [6, 6.07) is 0. The van der Waals surface area contributed by atoms with Crippen LogP contribution < -0.4 is 0 Å². The minimum atomic E-state index is -0.211. The van der Waals surface area contributed by atoms with E-state index in [1.165, 1.54) is 32.6 Å². The highest BCUT2D eigenvalue weighted by molar-refractivity contribution is 6.44. The van der Waals surface area contributed by atoms with Gasteiger partial charge in [0.25, 0.3) is 0 Å². The fraction of sp³-hybridized carbons (Fsp3) is 0.917. The van der Waals surface area contributed by atoms with Gasteiger partial charge in [-0.1, -0.05) is 32.6 Å². The van der Waals surface area contributed by atoms with Gasteiger partial charge in [0.1, 0.15) is 4.84 Å². The smallest absolute Gasteiger partial charge is 0.302 e. The maximum Gasteiger partial charge on any atom is 0.302 e. The molecule has 0 amide bonds. The lowest BCUT2D eigenvalue weighted by Gasteiger charge is -1.98. The monoisotopic (exact) mass is 288 g/mol. The van der Waals surface area contributed by atoms with Crippen molar-refractivity contribution in [1.82, 2.24) is 0 Å². The van der Waals surface area contributed by atoms with E-state index in [0.29, 0.717) is 6.61 Å². The van der Waals surface area contributed by atoms with Gasteiger partial charge in [0.15, 0.2) is 0 Å². The number of hydrogen-bond acceptors (Lipinski definition) is 3. The number of carbonyl (C=O) groups excluding carboxylic acids is 1. The first kappa shape index (κ1) is 22.2. The minimum Gasteiger partial charge on any atom is -0.466 e. The summed E-state index contributed by atoms with van der Waals surface area (Å²) in [5, 5.41) is 7.00. The lowest BCUT2D eigenvalue weighted by Crippen LogP contribution is -1.95. The number of carbonyl (C=O) groups is 1. The molecule has 0 rings (SSSR count). The van der Waals surface area contributed by atoms with Crippen LogP contribution in [0.3, 0.4) is 0 Å². The molecule has 0 heterocycles. The average Bonchev–Trinajstić information content (AvgIpc) is 2.28. The molecule has 0 saturated heterocycles. The van der Waals surface area contributed by atoms with Crippen LogP contribution in [-0.4, -0.2) is 29.6 Å². The van der Waals surface area contributed by atoms with E-state index in [-0.39, 0.29) is 10.8 Å². The molecule has 0 aromatic carbocycles. The molecule has 106 valence electrons. The van der Waals surface area contributed by atoms with Crippen molar-refractivity contribution < 1.29 is 14.6 Å². The van der Waals surface area contributed by atoms with Crippen LogP contribution >= 0.6 is 23.2 Å². The van der Waals surface area contributed by atoms with Crippen molar-refractivity contribution in [2.45, 2.75) is 57.7 Å². The van der Waals surface area contributed by atoms with Gasteiger partial charge in [-0.2, -0.15) is 0 Å². The van der Waals surface area contributed by atoms with Gasteiger partial charge in [-0.3, -0.25) is 4.79 Å². The average molecular weight is 289 g/mol. The maximum atomic E-state index is 9.82. The molecule has 0 aliphatic carbocycles. The highest BCUT2D eigenvalue weighted by atomic mass is 35.5. The van der Waals surface area contributed by atoms with Crippen LogP contribution in [-0.2, 0) is 9.53 Å². The fourth-order valence-corrected chi connectivity index (χ4v) is 1.24. The van der Waals surface area contributed by atoms with Crippen molar-refractivity contribution in [2.24, 2.45) is 0 Å². The summed E-state index contributed by atoms with van der Waals surface area (Å²) in [4.78, 5) is 9.67. The topological polar surface area (TPSA) is 46.5 Å². The first-order valence-corrected chi connectivity index (χ1v) is 6.78. The van der Waals surface area contributed by atoms with Gasteiger partial charge < -0.3 is 9.84 Å². The zero-order valence-corrected chi connectivity index (χ0v) is 12.9. The number of unbranched alkanes of at least 4 members (excludes halogenated alkanes) is 3. The Morgan fingerprint density at radius 3 is 1.94 bits per heavy atom. The number of esters is 1. The third-order valence-corrected chi connectivity index (χ3v) is 2.06. The molecule has 1 N–H and O–H groups in total. The summed E-state index contributed by atoms with van der Waals surface area (Å²) in [6.45, 7) is 5.85. The van der Waals surface area contributed by atoms with Crippen LogP contribution in [0, 0.1) is 0 Å². The van der Waals surface area contributed by atoms with Gasteiger partial charge in [0, 0.05) is 14.0 Å². The molecule has 0 spiro atoms. The Morgan fingerprint density at radius 1 is 1.18 bits per heavy atom. The van der Waals surface area contributed by atoms with Crippen LogP contribution in [0.25, 0.3) is 0 Å². The van der Waals surface area contributed by atoms with Crippen molar-refractivity contribution in [3.8, 4) is 0 Å². The standard InChI is InChI=1S/C7H14Cl2.C4H8O2.CH4O/c1-2-3-4-5-6-7(8)9;1-3-6-4(2)5;1-2/h7H,2-6H2,1H3;3H2,1-2H3;2H,1H3. The van der Waals surface area contributed by atoms with Crippen LogP contribution in [0.5, 0.6) is 0 Å². The number of aliphatic hydroxyl groups is 1. The number of hydrogen-bond donors (Lipinski definition) is 1. The predicted molar refractivity (Wildman–Crippen MR) is 74.7 cm³/mol. The van der Waals surface area contributed by atoms with Crippen molar-refractivity contribution in [2.75, 3.05) is 13.7 Å². The van der Waals surface area contributed by atoms with Gasteiger partial charge in [0.2, 0.25) is 0 Å². The van der Waals surface area contributed by atoms with E-state index in [1.54, 1.807) is 6.92 Å². The van der Waals surface area contributed by atoms with Gasteiger partial charge in [-0.25, -0.2) is 0 Å². The second-order valence-corrected chi connectivity index (χ2v) is 4.44. The van der Waals surface area contributed by atoms with Crippen LogP contribution in [0.2, 0.25) is 0 Å². The Hall–Kier alpha value is 0.01000. The van der Waals surface area contributed by atoms with E-state index in [4.69, 9.17) is 28.3 Å². The number of alkyl halides is 2. The summed E-state index contributed by atoms with van der Waals surface area (Å²) in [6.07, 6.45) is 5.97. The summed E-state index contributed by atoms with van der Waals surface area (Å²) in [5.41, 5.74) is 0. The predicted octanol–water partition coefficient (Wildman–Crippen LogP) is 3.94. The first-order valence-electron chi connectivity index (χ1n) is 5.90. The molecule has 3 nitrogen and oxygen atoms in total. The summed E-state index contributed by atoms with van der Waals surface area (Å²) >= 11 is 11.0. The number of rotatable bonds is 6. The highest BCUT2D eigenvalue weighted by Crippen LogP contribution is 2.12. The first-order chi connectivity index (χ1) is 8.04. The van der Waals surface area contributed by atoms with Crippen LogP contribution in [0.15, 0.2) is 0 Å². The number of aliphatic hydroxyl groups excluding tert-OH is 1. The van der Waals surface area contributed by atoms with Crippen LogP contribution in [0.1, 0.15) is 52.9 Å². The lowest BCUT2D eigenvalue weighted by atomic mass is 10.2. The SMILES string of the molecule is CCCCCCC(Cl)Cl.CCOC(C)=O.CO. The van der Waals surface area contributed by atoms with Crippen molar-refractivity contribution in [3.05, 3.63) is 0 Å². The molecule has 0 unspecified atom stereocenters. The molecule has 0 aromatic rings. The normalized spacial score (nSPS) is 8.71. The van der Waals surface area contributed by atoms with E-state index in [2.05, 4.69) is 11.7 Å². The zero-order valence-electron chi connectivity index (χ0n) is 11.3. The van der Waals surface area contributed by atoms with Gasteiger partial charge in [-0.05, 0) is 13.3 Å². The third kappa shape index (κ3) is 38.7. The summed E-state index contributed by atoms with van der Waals surface area (Å²) in [5.74, 6) is -0.211. The fourth-order valence-electron chi connectivity index (χ4n) is 0.929. The largest absolute Gasteiger partial charge is 0.466 e. The Morgan fingerprint density at radius 2 is 1.71 bits per heavy atom. The zero-order chi connectivity index (χ0) is 14.1. The molecule has 17 heavy (non-hydrogen) atoms. The molecular weight excluding hydrogens is 263 g/mol. The molecule has 0 aliphatic rings. The quantitative estimate of drug-likeness (QED) is 0.457.